The normalized spacial score (nSPS) is 18.1. The Labute approximate surface area is 87.1 Å². The molecule has 0 aliphatic heterocycles. The first-order chi connectivity index (χ1) is 6.86. The highest BCUT2D eigenvalue weighted by molar-refractivity contribution is 5.21. The summed E-state index contributed by atoms with van der Waals surface area (Å²) in [5.41, 5.74) is 1.42. The first-order valence-electron chi connectivity index (χ1n) is 5.20. The average molecular weight is 189 g/mol. The van der Waals surface area contributed by atoms with Crippen molar-refractivity contribution in [3.63, 3.8) is 0 Å². The molecular weight excluding hydrogens is 170 g/mol. The molecule has 14 heavy (non-hydrogen) atoms. The summed E-state index contributed by atoms with van der Waals surface area (Å²) >= 11 is 0. The molecule has 0 spiro atoms. The van der Waals surface area contributed by atoms with Gasteiger partial charge in [-0.1, -0.05) is 24.3 Å². The first kappa shape index (κ1) is 10.8. The van der Waals surface area contributed by atoms with Gasteiger partial charge in [0.1, 0.15) is 0 Å². The van der Waals surface area contributed by atoms with Crippen molar-refractivity contribution in [2.45, 2.75) is 19.3 Å². The van der Waals surface area contributed by atoms with Gasteiger partial charge in [-0.3, -0.25) is 0 Å². The zero-order chi connectivity index (χ0) is 10.2. The topological polar surface area (TPSA) is 3.24 Å². The Hall–Kier alpha value is -1.24. The second-order valence-electron chi connectivity index (χ2n) is 3.53. The molecule has 0 atom stereocenters. The lowest BCUT2D eigenvalue weighted by Gasteiger charge is -2.18. The van der Waals surface area contributed by atoms with Crippen LogP contribution in [0.25, 0.3) is 0 Å². The summed E-state index contributed by atoms with van der Waals surface area (Å²) in [6.07, 6.45) is 14.2. The minimum absolute atomic E-state index is 0.892. The van der Waals surface area contributed by atoms with Crippen LogP contribution in [0.4, 0.5) is 0 Å². The Kier molecular flexibility index (Phi) is 4.84. The van der Waals surface area contributed by atoms with Crippen LogP contribution in [0.3, 0.4) is 0 Å². The fourth-order valence-corrected chi connectivity index (χ4v) is 1.60. The van der Waals surface area contributed by atoms with Gasteiger partial charge >= 0.3 is 0 Å². The van der Waals surface area contributed by atoms with Crippen LogP contribution in [0.15, 0.2) is 49.2 Å². The standard InChI is InChI=1S/C13H19N/c1-3-10-14(11-4-2)12-13-8-6-5-7-9-13/h3-4,6,8,12H,1-2,5,7,9-11H2. The molecule has 1 nitrogen and oxygen atoms in total. The van der Waals surface area contributed by atoms with Crippen molar-refractivity contribution < 1.29 is 0 Å². The van der Waals surface area contributed by atoms with Crippen LogP contribution in [-0.2, 0) is 0 Å². The second kappa shape index (κ2) is 6.25. The zero-order valence-electron chi connectivity index (χ0n) is 8.78. The lowest BCUT2D eigenvalue weighted by atomic mass is 10.0. The Morgan fingerprint density at radius 3 is 2.50 bits per heavy atom. The summed E-state index contributed by atoms with van der Waals surface area (Å²) in [4.78, 5) is 2.23. The molecule has 76 valence electrons. The van der Waals surface area contributed by atoms with E-state index in [9.17, 15) is 0 Å². The molecule has 1 aliphatic carbocycles. The summed E-state index contributed by atoms with van der Waals surface area (Å²) < 4.78 is 0. The van der Waals surface area contributed by atoms with Gasteiger partial charge in [0.25, 0.3) is 0 Å². The van der Waals surface area contributed by atoms with Crippen molar-refractivity contribution >= 4 is 0 Å². The average Bonchev–Trinajstić information content (AvgIpc) is 2.20. The van der Waals surface area contributed by atoms with Crippen LogP contribution in [-0.4, -0.2) is 18.0 Å². The van der Waals surface area contributed by atoms with Gasteiger partial charge in [-0.05, 0) is 24.8 Å². The van der Waals surface area contributed by atoms with Crippen LogP contribution >= 0.6 is 0 Å². The Bertz CT molecular complexity index is 238. The summed E-state index contributed by atoms with van der Waals surface area (Å²) in [7, 11) is 0. The van der Waals surface area contributed by atoms with E-state index >= 15 is 0 Å². The minimum atomic E-state index is 0.892. The van der Waals surface area contributed by atoms with Gasteiger partial charge in [0.2, 0.25) is 0 Å². The SMILES string of the molecule is C=CCN(C=C1C=CCCC1)CC=C. The molecule has 0 saturated heterocycles. The molecule has 1 heteroatoms. The van der Waals surface area contributed by atoms with Crippen molar-refractivity contribution in [3.8, 4) is 0 Å². The number of allylic oxidation sites excluding steroid dienone is 3. The van der Waals surface area contributed by atoms with Gasteiger partial charge in [0.15, 0.2) is 0 Å². The van der Waals surface area contributed by atoms with Crippen molar-refractivity contribution in [2.24, 2.45) is 0 Å². The molecule has 0 heterocycles. The highest BCUT2D eigenvalue weighted by Gasteiger charge is 2.01. The molecule has 1 rings (SSSR count). The largest absolute Gasteiger partial charge is 0.370 e. The van der Waals surface area contributed by atoms with E-state index in [1.54, 1.807) is 0 Å². The molecule has 1 aliphatic rings. The highest BCUT2D eigenvalue weighted by atomic mass is 15.1. The molecular formula is C13H19N. The number of hydrogen-bond acceptors (Lipinski definition) is 1. The van der Waals surface area contributed by atoms with Gasteiger partial charge < -0.3 is 4.90 Å². The van der Waals surface area contributed by atoms with Crippen LogP contribution in [0.2, 0.25) is 0 Å². The molecule has 0 radical (unpaired) electrons. The fourth-order valence-electron chi connectivity index (χ4n) is 1.60. The van der Waals surface area contributed by atoms with E-state index in [2.05, 4.69) is 36.4 Å². The maximum Gasteiger partial charge on any atom is 0.0355 e. The van der Waals surface area contributed by atoms with Crippen LogP contribution in [0, 0.1) is 0 Å². The quantitative estimate of drug-likeness (QED) is 0.600. The Balaban J connectivity index is 2.58. The molecule has 0 aromatic heterocycles. The number of rotatable bonds is 5. The minimum Gasteiger partial charge on any atom is -0.370 e. The third kappa shape index (κ3) is 3.65. The van der Waals surface area contributed by atoms with Crippen molar-refractivity contribution in [1.29, 1.82) is 0 Å². The van der Waals surface area contributed by atoms with Crippen LogP contribution in [0.1, 0.15) is 19.3 Å². The van der Waals surface area contributed by atoms with Gasteiger partial charge in [-0.2, -0.15) is 0 Å². The predicted molar refractivity (Wildman–Crippen MR) is 63.0 cm³/mol. The highest BCUT2D eigenvalue weighted by Crippen LogP contribution is 2.16. The van der Waals surface area contributed by atoms with Gasteiger partial charge in [-0.25, -0.2) is 0 Å². The smallest absolute Gasteiger partial charge is 0.0355 e. The van der Waals surface area contributed by atoms with E-state index in [0.29, 0.717) is 0 Å². The first-order valence-corrected chi connectivity index (χ1v) is 5.20. The van der Waals surface area contributed by atoms with E-state index in [0.717, 1.165) is 13.1 Å². The van der Waals surface area contributed by atoms with Crippen molar-refractivity contribution in [1.82, 2.24) is 4.90 Å². The van der Waals surface area contributed by atoms with E-state index in [1.807, 2.05) is 12.2 Å². The molecule has 0 N–H and O–H groups in total. The number of hydrogen-bond donors (Lipinski definition) is 0. The fraction of sp³-hybridized carbons (Fsp3) is 0.385. The van der Waals surface area contributed by atoms with E-state index < -0.39 is 0 Å². The van der Waals surface area contributed by atoms with Gasteiger partial charge in [0.05, 0.1) is 0 Å². The molecule has 0 saturated carbocycles. The predicted octanol–water partition coefficient (Wildman–Crippen LogP) is 3.28. The van der Waals surface area contributed by atoms with E-state index in [4.69, 9.17) is 0 Å². The third-order valence-corrected chi connectivity index (χ3v) is 2.24. The summed E-state index contributed by atoms with van der Waals surface area (Å²) in [5.74, 6) is 0. The van der Waals surface area contributed by atoms with Gasteiger partial charge in [0, 0.05) is 19.3 Å². The second-order valence-corrected chi connectivity index (χ2v) is 3.53. The van der Waals surface area contributed by atoms with E-state index in [1.165, 1.54) is 24.8 Å². The van der Waals surface area contributed by atoms with Crippen LogP contribution in [0.5, 0.6) is 0 Å². The summed E-state index contributed by atoms with van der Waals surface area (Å²) in [5, 5.41) is 0. The van der Waals surface area contributed by atoms with Gasteiger partial charge in [-0.15, -0.1) is 13.2 Å². The molecule has 0 aromatic rings. The van der Waals surface area contributed by atoms with Crippen molar-refractivity contribution in [2.75, 3.05) is 13.1 Å². The lowest BCUT2D eigenvalue weighted by molar-refractivity contribution is 0.457. The van der Waals surface area contributed by atoms with Crippen LogP contribution < -0.4 is 0 Å². The monoisotopic (exact) mass is 189 g/mol. The molecule has 0 aromatic carbocycles. The lowest BCUT2D eigenvalue weighted by Crippen LogP contribution is -2.17. The third-order valence-electron chi connectivity index (χ3n) is 2.24. The zero-order valence-corrected chi connectivity index (χ0v) is 8.78. The Morgan fingerprint density at radius 2 is 2.00 bits per heavy atom. The molecule has 0 fully saturated rings. The maximum absolute atomic E-state index is 3.75. The van der Waals surface area contributed by atoms with Crippen molar-refractivity contribution in [3.05, 3.63) is 49.2 Å². The van der Waals surface area contributed by atoms with E-state index in [-0.39, 0.29) is 0 Å². The molecule has 0 bridgehead atoms. The summed E-state index contributed by atoms with van der Waals surface area (Å²) in [6, 6.07) is 0. The summed E-state index contributed by atoms with van der Waals surface area (Å²) in [6.45, 7) is 9.29. The maximum atomic E-state index is 3.75. The Morgan fingerprint density at radius 1 is 1.29 bits per heavy atom. The molecule has 0 unspecified atom stereocenters. The number of nitrogens with zero attached hydrogens (tertiary/aromatic N) is 1. The molecule has 0 amide bonds.